The summed E-state index contributed by atoms with van der Waals surface area (Å²) < 4.78 is 36.9. The molecule has 3 nitrogen and oxygen atoms in total. The summed E-state index contributed by atoms with van der Waals surface area (Å²) in [5, 5.41) is 11.2. The molecule has 0 aromatic rings. The zero-order valence-corrected chi connectivity index (χ0v) is 11.3. The number of hydrogen-bond acceptors (Lipinski definition) is 3. The number of hydrogen-bond donors (Lipinski definition) is 1. The highest BCUT2D eigenvalue weighted by atomic mass is 19.4. The van der Waals surface area contributed by atoms with Crippen molar-refractivity contribution in [2.75, 3.05) is 26.2 Å². The molecule has 0 bridgehead atoms. The van der Waals surface area contributed by atoms with E-state index in [1.54, 1.807) is 0 Å². The van der Waals surface area contributed by atoms with Crippen molar-refractivity contribution < 1.29 is 13.2 Å². The first kappa shape index (κ1) is 16.3. The molecule has 0 aliphatic carbocycles. The van der Waals surface area contributed by atoms with E-state index in [0.29, 0.717) is 12.6 Å². The Hall–Kier alpha value is -0.800. The lowest BCUT2D eigenvalue weighted by Gasteiger charge is -2.33. The van der Waals surface area contributed by atoms with Crippen LogP contribution in [0.5, 0.6) is 0 Å². The molecule has 0 aromatic heterocycles. The molecule has 0 amide bonds. The minimum absolute atomic E-state index is 0.310. The van der Waals surface area contributed by atoms with Crippen molar-refractivity contribution in [2.45, 2.75) is 44.8 Å². The van der Waals surface area contributed by atoms with Crippen molar-refractivity contribution in [3.63, 3.8) is 0 Å². The molecule has 2 atom stereocenters. The summed E-state index contributed by atoms with van der Waals surface area (Å²) >= 11 is 0. The van der Waals surface area contributed by atoms with Crippen molar-refractivity contribution in [1.29, 1.82) is 5.26 Å². The Morgan fingerprint density at radius 1 is 1.42 bits per heavy atom. The summed E-state index contributed by atoms with van der Waals surface area (Å²) in [6, 6.07) is 1.87. The molecule has 0 spiro atoms. The fourth-order valence-electron chi connectivity index (χ4n) is 2.38. The molecule has 0 radical (unpaired) electrons. The van der Waals surface area contributed by atoms with E-state index in [-0.39, 0.29) is 6.54 Å². The van der Waals surface area contributed by atoms with Crippen molar-refractivity contribution in [2.24, 2.45) is 5.92 Å². The first-order valence-electron chi connectivity index (χ1n) is 6.86. The molecule has 19 heavy (non-hydrogen) atoms. The second-order valence-corrected chi connectivity index (χ2v) is 5.16. The van der Waals surface area contributed by atoms with Gasteiger partial charge in [0.15, 0.2) is 5.92 Å². The number of likely N-dealkylation sites (tertiary alicyclic amines) is 1. The highest BCUT2D eigenvalue weighted by Gasteiger charge is 2.39. The number of rotatable bonds is 6. The summed E-state index contributed by atoms with van der Waals surface area (Å²) in [4.78, 5) is 2.39. The SMILES string of the molecule is CC1CCCCN1CCCNCC(C#N)C(F)(F)F. The van der Waals surface area contributed by atoms with Crippen LogP contribution in [0.4, 0.5) is 13.2 Å². The van der Waals surface area contributed by atoms with Crippen molar-refractivity contribution in [3.8, 4) is 6.07 Å². The third-order valence-corrected chi connectivity index (χ3v) is 3.64. The molecule has 0 aromatic carbocycles. The van der Waals surface area contributed by atoms with Crippen LogP contribution in [0.3, 0.4) is 0 Å². The van der Waals surface area contributed by atoms with Gasteiger partial charge < -0.3 is 10.2 Å². The van der Waals surface area contributed by atoms with Crippen molar-refractivity contribution >= 4 is 0 Å². The van der Waals surface area contributed by atoms with E-state index in [9.17, 15) is 13.2 Å². The van der Waals surface area contributed by atoms with Gasteiger partial charge in [0.25, 0.3) is 0 Å². The molecule has 0 saturated carbocycles. The topological polar surface area (TPSA) is 39.1 Å². The normalized spacial score (nSPS) is 23.0. The molecule has 1 saturated heterocycles. The quantitative estimate of drug-likeness (QED) is 0.758. The van der Waals surface area contributed by atoms with Crippen LogP contribution in [-0.4, -0.2) is 43.3 Å². The standard InChI is InChI=1S/C13H22F3N3/c1-11-5-2-3-7-19(11)8-4-6-18-10-12(9-17)13(14,15)16/h11-12,18H,2-8,10H2,1H3. The predicted octanol–water partition coefficient (Wildman–Crippen LogP) is 2.54. The average Bonchev–Trinajstić information content (AvgIpc) is 2.34. The molecule has 1 fully saturated rings. The van der Waals surface area contributed by atoms with Gasteiger partial charge in [-0.2, -0.15) is 18.4 Å². The van der Waals surface area contributed by atoms with Crippen LogP contribution in [-0.2, 0) is 0 Å². The van der Waals surface area contributed by atoms with E-state index in [2.05, 4.69) is 17.1 Å². The van der Waals surface area contributed by atoms with Crippen molar-refractivity contribution in [3.05, 3.63) is 0 Å². The fourth-order valence-corrected chi connectivity index (χ4v) is 2.38. The van der Waals surface area contributed by atoms with Gasteiger partial charge in [-0.3, -0.25) is 0 Å². The largest absolute Gasteiger partial charge is 0.405 e. The van der Waals surface area contributed by atoms with Crippen molar-refractivity contribution in [1.82, 2.24) is 10.2 Å². The molecule has 1 aliphatic heterocycles. The van der Waals surface area contributed by atoms with Gasteiger partial charge in [-0.15, -0.1) is 0 Å². The van der Waals surface area contributed by atoms with Gasteiger partial charge in [-0.1, -0.05) is 6.42 Å². The molecule has 1 heterocycles. The van der Waals surface area contributed by atoms with E-state index >= 15 is 0 Å². The van der Waals surface area contributed by atoms with Crippen LogP contribution in [0.1, 0.15) is 32.6 Å². The number of alkyl halides is 3. The maximum Gasteiger partial charge on any atom is 0.405 e. The van der Waals surface area contributed by atoms with E-state index in [1.165, 1.54) is 25.3 Å². The summed E-state index contributed by atoms with van der Waals surface area (Å²) in [6.07, 6.45) is 0.0786. The average molecular weight is 277 g/mol. The number of nitriles is 1. The molecule has 1 N–H and O–H groups in total. The highest BCUT2D eigenvalue weighted by Crippen LogP contribution is 2.24. The zero-order valence-electron chi connectivity index (χ0n) is 11.3. The second kappa shape index (κ2) is 7.71. The molecule has 1 rings (SSSR count). The lowest BCUT2D eigenvalue weighted by Crippen LogP contribution is -2.39. The minimum atomic E-state index is -4.43. The second-order valence-electron chi connectivity index (χ2n) is 5.16. The number of piperidine rings is 1. The van der Waals surface area contributed by atoms with Crippen LogP contribution in [0.15, 0.2) is 0 Å². The Morgan fingerprint density at radius 3 is 2.74 bits per heavy atom. The van der Waals surface area contributed by atoms with Crippen LogP contribution >= 0.6 is 0 Å². The summed E-state index contributed by atoms with van der Waals surface area (Å²) in [5.74, 6) is -1.90. The van der Waals surface area contributed by atoms with Crippen LogP contribution in [0.25, 0.3) is 0 Å². The molecule has 2 unspecified atom stereocenters. The van der Waals surface area contributed by atoms with Gasteiger partial charge in [0.05, 0.1) is 6.07 Å². The Balaban J connectivity index is 2.12. The van der Waals surface area contributed by atoms with Gasteiger partial charge in [-0.05, 0) is 45.8 Å². The monoisotopic (exact) mass is 277 g/mol. The maximum atomic E-state index is 12.3. The number of nitrogens with one attached hydrogen (secondary N) is 1. The van der Waals surface area contributed by atoms with E-state index in [0.717, 1.165) is 19.5 Å². The molecular weight excluding hydrogens is 255 g/mol. The van der Waals surface area contributed by atoms with Gasteiger partial charge >= 0.3 is 6.18 Å². The first-order valence-corrected chi connectivity index (χ1v) is 6.86. The van der Waals surface area contributed by atoms with Gasteiger partial charge in [0.1, 0.15) is 0 Å². The third kappa shape index (κ3) is 5.79. The number of nitrogens with zero attached hydrogens (tertiary/aromatic N) is 2. The lowest BCUT2D eigenvalue weighted by atomic mass is 10.0. The Labute approximate surface area is 112 Å². The van der Waals surface area contributed by atoms with Gasteiger partial charge in [0, 0.05) is 12.6 Å². The maximum absolute atomic E-state index is 12.3. The van der Waals surface area contributed by atoms with Gasteiger partial charge in [0.2, 0.25) is 0 Å². The smallest absolute Gasteiger partial charge is 0.315 e. The van der Waals surface area contributed by atoms with Crippen LogP contribution in [0, 0.1) is 17.2 Å². The van der Waals surface area contributed by atoms with E-state index < -0.39 is 12.1 Å². The molecule has 6 heteroatoms. The minimum Gasteiger partial charge on any atom is -0.315 e. The zero-order chi connectivity index (χ0) is 14.3. The summed E-state index contributed by atoms with van der Waals surface area (Å²) in [5.41, 5.74) is 0. The Kier molecular flexibility index (Phi) is 6.59. The summed E-state index contributed by atoms with van der Waals surface area (Å²) in [6.45, 7) is 4.41. The first-order chi connectivity index (χ1) is 8.95. The fraction of sp³-hybridized carbons (Fsp3) is 0.923. The van der Waals surface area contributed by atoms with Crippen LogP contribution < -0.4 is 5.32 Å². The lowest BCUT2D eigenvalue weighted by molar-refractivity contribution is -0.157. The Morgan fingerprint density at radius 2 is 2.16 bits per heavy atom. The third-order valence-electron chi connectivity index (χ3n) is 3.64. The van der Waals surface area contributed by atoms with E-state index in [1.807, 2.05) is 0 Å². The van der Waals surface area contributed by atoms with Crippen LogP contribution in [0.2, 0.25) is 0 Å². The predicted molar refractivity (Wildman–Crippen MR) is 67.5 cm³/mol. The molecular formula is C13H22F3N3. The number of halogens is 3. The molecule has 110 valence electrons. The van der Waals surface area contributed by atoms with E-state index in [4.69, 9.17) is 5.26 Å². The van der Waals surface area contributed by atoms with Gasteiger partial charge in [-0.25, -0.2) is 0 Å². The Bertz CT molecular complexity index is 298. The highest BCUT2D eigenvalue weighted by molar-refractivity contribution is 4.89. The summed E-state index contributed by atoms with van der Waals surface area (Å²) in [7, 11) is 0. The molecule has 1 aliphatic rings.